The van der Waals surface area contributed by atoms with Crippen molar-refractivity contribution < 1.29 is 9.90 Å². The van der Waals surface area contributed by atoms with Crippen molar-refractivity contribution in [3.05, 3.63) is 54.2 Å². The van der Waals surface area contributed by atoms with Crippen molar-refractivity contribution in [3.8, 4) is 11.8 Å². The topological polar surface area (TPSA) is 74.2 Å². The van der Waals surface area contributed by atoms with Gasteiger partial charge in [0.15, 0.2) is 0 Å². The van der Waals surface area contributed by atoms with Crippen LogP contribution in [0.1, 0.15) is 5.69 Å². The first-order chi connectivity index (χ1) is 9.78. The minimum atomic E-state index is -0.379. The first-order valence-corrected chi connectivity index (χ1v) is 5.98. The molecule has 1 heterocycles. The van der Waals surface area contributed by atoms with Gasteiger partial charge in [0, 0.05) is 5.69 Å². The van der Waals surface area contributed by atoms with E-state index in [1.807, 2.05) is 18.2 Å². The lowest BCUT2D eigenvalue weighted by Gasteiger charge is -2.06. The third-order valence-electron chi connectivity index (χ3n) is 2.32. The van der Waals surface area contributed by atoms with Gasteiger partial charge in [-0.2, -0.15) is 0 Å². The van der Waals surface area contributed by atoms with Crippen LogP contribution in [0.25, 0.3) is 0 Å². The van der Waals surface area contributed by atoms with Crippen molar-refractivity contribution in [3.63, 3.8) is 0 Å². The Labute approximate surface area is 116 Å². The summed E-state index contributed by atoms with van der Waals surface area (Å²) in [5, 5.41) is 13.9. The SMILES string of the molecule is O=C(Nc1ccccc1)Nc1cccc(C#CCO)n1. The Hall–Kier alpha value is -2.84. The molecule has 100 valence electrons. The fourth-order valence-corrected chi connectivity index (χ4v) is 1.50. The molecule has 2 aromatic rings. The van der Waals surface area contributed by atoms with Crippen molar-refractivity contribution in [2.24, 2.45) is 0 Å². The van der Waals surface area contributed by atoms with E-state index in [1.165, 1.54) is 0 Å². The van der Waals surface area contributed by atoms with Crippen LogP contribution in [-0.4, -0.2) is 22.7 Å². The third kappa shape index (κ3) is 4.12. The van der Waals surface area contributed by atoms with Crippen LogP contribution in [0, 0.1) is 11.8 Å². The van der Waals surface area contributed by atoms with Crippen LogP contribution in [0.3, 0.4) is 0 Å². The van der Waals surface area contributed by atoms with Gasteiger partial charge >= 0.3 is 6.03 Å². The van der Waals surface area contributed by atoms with Crippen molar-refractivity contribution >= 4 is 17.5 Å². The molecule has 0 aliphatic heterocycles. The Balaban J connectivity index is 2.01. The monoisotopic (exact) mass is 267 g/mol. The van der Waals surface area contributed by atoms with E-state index in [9.17, 15) is 4.79 Å². The molecule has 5 nitrogen and oxygen atoms in total. The summed E-state index contributed by atoms with van der Waals surface area (Å²) in [6.07, 6.45) is 0. The number of benzene rings is 1. The van der Waals surface area contributed by atoms with E-state index < -0.39 is 0 Å². The highest BCUT2D eigenvalue weighted by atomic mass is 16.2. The smallest absolute Gasteiger partial charge is 0.324 e. The maximum Gasteiger partial charge on any atom is 0.324 e. The lowest BCUT2D eigenvalue weighted by molar-refractivity contribution is 0.262. The van der Waals surface area contributed by atoms with Gasteiger partial charge in [0.2, 0.25) is 0 Å². The van der Waals surface area contributed by atoms with E-state index in [2.05, 4.69) is 27.5 Å². The maximum absolute atomic E-state index is 11.8. The zero-order chi connectivity index (χ0) is 14.2. The molecule has 0 aliphatic rings. The fourth-order valence-electron chi connectivity index (χ4n) is 1.50. The van der Waals surface area contributed by atoms with Gasteiger partial charge in [0.25, 0.3) is 0 Å². The molecule has 20 heavy (non-hydrogen) atoms. The highest BCUT2D eigenvalue weighted by Crippen LogP contribution is 2.07. The quantitative estimate of drug-likeness (QED) is 0.729. The minimum absolute atomic E-state index is 0.228. The summed E-state index contributed by atoms with van der Waals surface area (Å²) in [6, 6.07) is 13.8. The van der Waals surface area contributed by atoms with Crippen molar-refractivity contribution in [1.29, 1.82) is 0 Å². The second-order valence-corrected chi connectivity index (χ2v) is 3.81. The van der Waals surface area contributed by atoms with Gasteiger partial charge in [0.1, 0.15) is 18.1 Å². The van der Waals surface area contributed by atoms with Crippen molar-refractivity contribution in [1.82, 2.24) is 4.98 Å². The largest absolute Gasteiger partial charge is 0.384 e. The minimum Gasteiger partial charge on any atom is -0.384 e. The highest BCUT2D eigenvalue weighted by molar-refractivity contribution is 5.99. The van der Waals surface area contributed by atoms with Crippen LogP contribution < -0.4 is 10.6 Å². The molecule has 0 saturated heterocycles. The van der Waals surface area contributed by atoms with Crippen LogP contribution in [-0.2, 0) is 0 Å². The number of aromatic nitrogens is 1. The molecule has 0 bridgehead atoms. The van der Waals surface area contributed by atoms with Gasteiger partial charge in [-0.3, -0.25) is 5.32 Å². The Bertz CT molecular complexity index is 645. The average Bonchev–Trinajstić information content (AvgIpc) is 2.46. The van der Waals surface area contributed by atoms with Gasteiger partial charge in [-0.1, -0.05) is 30.2 Å². The molecule has 0 saturated carbocycles. The van der Waals surface area contributed by atoms with E-state index in [1.54, 1.807) is 30.3 Å². The number of aliphatic hydroxyl groups is 1. The number of carbonyl (C=O) groups is 1. The molecule has 0 fully saturated rings. The molecule has 1 aromatic heterocycles. The summed E-state index contributed by atoms with van der Waals surface area (Å²) in [5.41, 5.74) is 1.18. The van der Waals surface area contributed by atoms with Gasteiger partial charge in [-0.05, 0) is 30.2 Å². The number of aliphatic hydroxyl groups excluding tert-OH is 1. The molecule has 0 spiro atoms. The molecule has 0 aliphatic carbocycles. The zero-order valence-electron chi connectivity index (χ0n) is 10.6. The number of anilines is 2. The Morgan fingerprint density at radius 1 is 1.10 bits per heavy atom. The average molecular weight is 267 g/mol. The zero-order valence-corrected chi connectivity index (χ0v) is 10.6. The summed E-state index contributed by atoms with van der Waals surface area (Å²) in [5.74, 6) is 5.57. The lowest BCUT2D eigenvalue weighted by Crippen LogP contribution is -2.20. The van der Waals surface area contributed by atoms with Gasteiger partial charge in [-0.15, -0.1) is 0 Å². The molecular formula is C15H13N3O2. The second kappa shape index (κ2) is 6.92. The number of amides is 2. The molecule has 1 aromatic carbocycles. The van der Waals surface area contributed by atoms with Gasteiger partial charge in [-0.25, -0.2) is 9.78 Å². The predicted molar refractivity (Wildman–Crippen MR) is 77.3 cm³/mol. The van der Waals surface area contributed by atoms with Crippen LogP contribution in [0.5, 0.6) is 0 Å². The van der Waals surface area contributed by atoms with E-state index in [0.29, 0.717) is 17.2 Å². The van der Waals surface area contributed by atoms with E-state index in [0.717, 1.165) is 0 Å². The molecule has 3 N–H and O–H groups in total. The molecule has 0 radical (unpaired) electrons. The number of hydrogen-bond donors (Lipinski definition) is 3. The van der Waals surface area contributed by atoms with E-state index in [4.69, 9.17) is 5.11 Å². The first-order valence-electron chi connectivity index (χ1n) is 5.98. The summed E-state index contributed by atoms with van der Waals surface area (Å²) in [4.78, 5) is 15.9. The number of rotatable bonds is 2. The summed E-state index contributed by atoms with van der Waals surface area (Å²) in [6.45, 7) is -0.228. The van der Waals surface area contributed by atoms with E-state index in [-0.39, 0.29) is 12.6 Å². The number of urea groups is 1. The van der Waals surface area contributed by atoms with Crippen molar-refractivity contribution in [2.75, 3.05) is 17.2 Å². The van der Waals surface area contributed by atoms with Crippen LogP contribution in [0.2, 0.25) is 0 Å². The van der Waals surface area contributed by atoms with Gasteiger partial charge in [0.05, 0.1) is 0 Å². The molecule has 0 atom stereocenters. The molecular weight excluding hydrogens is 254 g/mol. The van der Waals surface area contributed by atoms with Crippen LogP contribution in [0.4, 0.5) is 16.3 Å². The Morgan fingerprint density at radius 2 is 1.90 bits per heavy atom. The fraction of sp³-hybridized carbons (Fsp3) is 0.0667. The highest BCUT2D eigenvalue weighted by Gasteiger charge is 2.03. The molecule has 0 unspecified atom stereocenters. The van der Waals surface area contributed by atoms with Crippen LogP contribution >= 0.6 is 0 Å². The number of pyridine rings is 1. The van der Waals surface area contributed by atoms with Crippen LogP contribution in [0.15, 0.2) is 48.5 Å². The predicted octanol–water partition coefficient (Wildman–Crippen LogP) is 2.07. The lowest BCUT2D eigenvalue weighted by atomic mass is 10.3. The molecule has 2 amide bonds. The van der Waals surface area contributed by atoms with Gasteiger partial charge < -0.3 is 10.4 Å². The molecule has 2 rings (SSSR count). The summed E-state index contributed by atoms with van der Waals surface area (Å²) >= 11 is 0. The normalized spacial score (nSPS) is 9.25. The number of hydrogen-bond acceptors (Lipinski definition) is 3. The third-order valence-corrected chi connectivity index (χ3v) is 2.32. The Morgan fingerprint density at radius 3 is 2.65 bits per heavy atom. The van der Waals surface area contributed by atoms with E-state index >= 15 is 0 Å². The number of nitrogens with one attached hydrogen (secondary N) is 2. The maximum atomic E-state index is 11.8. The second-order valence-electron chi connectivity index (χ2n) is 3.81. The molecule has 5 heteroatoms. The Kier molecular flexibility index (Phi) is 4.70. The van der Waals surface area contributed by atoms with Crippen molar-refractivity contribution in [2.45, 2.75) is 0 Å². The number of nitrogens with zero attached hydrogens (tertiary/aromatic N) is 1. The number of para-hydroxylation sites is 1. The number of carbonyl (C=O) groups excluding carboxylic acids is 1. The summed E-state index contributed by atoms with van der Waals surface area (Å²) < 4.78 is 0. The first kappa shape index (κ1) is 13.6. The standard InChI is InChI=1S/C15H13N3O2/c19-11-5-9-12-8-4-10-14(16-12)18-15(20)17-13-6-2-1-3-7-13/h1-4,6-8,10,19H,11H2,(H2,16,17,18,20). The summed E-state index contributed by atoms with van der Waals surface area (Å²) in [7, 11) is 0.